The molecular formula is C13H24N2O2. The third kappa shape index (κ3) is 2.47. The smallest absolute Gasteiger partial charge is 0.230 e. The van der Waals surface area contributed by atoms with Crippen LogP contribution in [0.4, 0.5) is 0 Å². The molecule has 3 N–H and O–H groups in total. The van der Waals surface area contributed by atoms with Crippen LogP contribution < -0.4 is 5.73 Å². The van der Waals surface area contributed by atoms with E-state index in [1.807, 2.05) is 4.90 Å². The highest BCUT2D eigenvalue weighted by atomic mass is 16.3. The molecule has 0 aromatic heterocycles. The van der Waals surface area contributed by atoms with E-state index >= 15 is 0 Å². The van der Waals surface area contributed by atoms with E-state index in [-0.39, 0.29) is 11.3 Å². The largest absolute Gasteiger partial charge is 0.388 e. The van der Waals surface area contributed by atoms with Gasteiger partial charge in [-0.2, -0.15) is 0 Å². The van der Waals surface area contributed by atoms with E-state index in [1.165, 1.54) is 6.42 Å². The number of rotatable bonds is 2. The number of aliphatic hydroxyl groups is 1. The number of hydrogen-bond donors (Lipinski definition) is 2. The molecule has 0 spiro atoms. The van der Waals surface area contributed by atoms with Crippen molar-refractivity contribution in [3.8, 4) is 0 Å². The summed E-state index contributed by atoms with van der Waals surface area (Å²) in [7, 11) is 0. The maximum atomic E-state index is 12.6. The quantitative estimate of drug-likeness (QED) is 0.753. The zero-order chi connectivity index (χ0) is 12.5. The zero-order valence-corrected chi connectivity index (χ0v) is 10.7. The Morgan fingerprint density at radius 2 is 1.94 bits per heavy atom. The van der Waals surface area contributed by atoms with Crippen LogP contribution in [0.5, 0.6) is 0 Å². The van der Waals surface area contributed by atoms with Gasteiger partial charge in [-0.3, -0.25) is 4.79 Å². The molecule has 1 unspecified atom stereocenters. The van der Waals surface area contributed by atoms with Gasteiger partial charge in [0.25, 0.3) is 0 Å². The molecule has 0 aromatic carbocycles. The van der Waals surface area contributed by atoms with Crippen molar-refractivity contribution < 1.29 is 9.90 Å². The fraction of sp³-hybridized carbons (Fsp3) is 0.923. The molecule has 17 heavy (non-hydrogen) atoms. The highest BCUT2D eigenvalue weighted by Crippen LogP contribution is 2.38. The monoisotopic (exact) mass is 240 g/mol. The van der Waals surface area contributed by atoms with E-state index in [2.05, 4.69) is 0 Å². The van der Waals surface area contributed by atoms with E-state index in [9.17, 15) is 9.90 Å². The van der Waals surface area contributed by atoms with Gasteiger partial charge in [0.1, 0.15) is 0 Å². The van der Waals surface area contributed by atoms with Gasteiger partial charge in [0.05, 0.1) is 11.0 Å². The van der Waals surface area contributed by atoms with Crippen LogP contribution >= 0.6 is 0 Å². The minimum atomic E-state index is -0.708. The van der Waals surface area contributed by atoms with Gasteiger partial charge in [-0.1, -0.05) is 19.3 Å². The predicted molar refractivity (Wildman–Crippen MR) is 66.4 cm³/mol. The second kappa shape index (κ2) is 4.58. The number of amides is 1. The molecule has 1 atom stereocenters. The maximum absolute atomic E-state index is 12.6. The Morgan fingerprint density at radius 3 is 2.41 bits per heavy atom. The minimum absolute atomic E-state index is 0.178. The lowest BCUT2D eigenvalue weighted by Crippen LogP contribution is -2.49. The second-order valence-electron chi connectivity index (χ2n) is 6.02. The number of β-amino-alcohol motifs (C(OH)–C–C–N with tert-alkyl or cyclic N) is 1. The molecule has 0 aromatic rings. The third-order valence-electron chi connectivity index (χ3n) is 4.39. The highest BCUT2D eigenvalue weighted by molar-refractivity contribution is 5.83. The molecule has 4 nitrogen and oxygen atoms in total. The summed E-state index contributed by atoms with van der Waals surface area (Å²) in [6, 6.07) is 0. The summed E-state index contributed by atoms with van der Waals surface area (Å²) in [5, 5.41) is 9.94. The van der Waals surface area contributed by atoms with Gasteiger partial charge in [0.2, 0.25) is 5.91 Å². The molecular weight excluding hydrogens is 216 g/mol. The number of likely N-dealkylation sites (tertiary alicyclic amines) is 1. The first-order valence-electron chi connectivity index (χ1n) is 6.71. The van der Waals surface area contributed by atoms with Gasteiger partial charge in [-0.05, 0) is 26.2 Å². The van der Waals surface area contributed by atoms with Crippen LogP contribution in [0.3, 0.4) is 0 Å². The van der Waals surface area contributed by atoms with Crippen LogP contribution in [0.25, 0.3) is 0 Å². The van der Waals surface area contributed by atoms with Crippen LogP contribution in [0, 0.1) is 5.41 Å². The van der Waals surface area contributed by atoms with Gasteiger partial charge < -0.3 is 15.7 Å². The normalized spacial score (nSPS) is 32.8. The molecule has 1 saturated carbocycles. The third-order valence-corrected chi connectivity index (χ3v) is 4.39. The van der Waals surface area contributed by atoms with Gasteiger partial charge in [-0.25, -0.2) is 0 Å². The molecule has 1 heterocycles. The Hall–Kier alpha value is -0.610. The minimum Gasteiger partial charge on any atom is -0.388 e. The molecule has 0 bridgehead atoms. The number of carbonyl (C=O) groups is 1. The van der Waals surface area contributed by atoms with Crippen molar-refractivity contribution in [1.29, 1.82) is 0 Å². The first kappa shape index (κ1) is 12.8. The van der Waals surface area contributed by atoms with Gasteiger partial charge in [0, 0.05) is 19.6 Å². The van der Waals surface area contributed by atoms with Crippen molar-refractivity contribution in [3.05, 3.63) is 0 Å². The standard InChI is InChI=1S/C13H24N2O2/c1-12(17)7-8-15(10-12)11(16)13(9-14)5-3-2-4-6-13/h17H,2-10,14H2,1H3. The van der Waals surface area contributed by atoms with Crippen molar-refractivity contribution in [3.63, 3.8) is 0 Å². The molecule has 98 valence electrons. The number of nitrogens with zero attached hydrogens (tertiary/aromatic N) is 1. The molecule has 1 aliphatic heterocycles. The van der Waals surface area contributed by atoms with Gasteiger partial charge in [0.15, 0.2) is 0 Å². The average molecular weight is 240 g/mol. The summed E-state index contributed by atoms with van der Waals surface area (Å²) in [5.41, 5.74) is 4.82. The fourth-order valence-corrected chi connectivity index (χ4v) is 3.19. The van der Waals surface area contributed by atoms with Crippen LogP contribution in [0.1, 0.15) is 45.4 Å². The first-order chi connectivity index (χ1) is 7.99. The van der Waals surface area contributed by atoms with Gasteiger partial charge in [-0.15, -0.1) is 0 Å². The lowest BCUT2D eigenvalue weighted by molar-refractivity contribution is -0.143. The molecule has 2 aliphatic rings. The fourth-order valence-electron chi connectivity index (χ4n) is 3.19. The van der Waals surface area contributed by atoms with Crippen LogP contribution in [-0.2, 0) is 4.79 Å². The summed E-state index contributed by atoms with van der Waals surface area (Å²) >= 11 is 0. The molecule has 0 radical (unpaired) electrons. The number of carbonyl (C=O) groups excluding carboxylic acids is 1. The second-order valence-corrected chi connectivity index (χ2v) is 6.02. The SMILES string of the molecule is CC1(O)CCN(C(=O)C2(CN)CCCCC2)C1. The molecule has 4 heteroatoms. The summed E-state index contributed by atoms with van der Waals surface area (Å²) in [6.07, 6.45) is 5.94. The molecule has 2 fully saturated rings. The van der Waals surface area contributed by atoms with E-state index in [0.29, 0.717) is 26.1 Å². The summed E-state index contributed by atoms with van der Waals surface area (Å²) in [4.78, 5) is 14.4. The summed E-state index contributed by atoms with van der Waals surface area (Å²) in [6.45, 7) is 3.39. The van der Waals surface area contributed by atoms with Crippen molar-refractivity contribution in [2.75, 3.05) is 19.6 Å². The topological polar surface area (TPSA) is 66.6 Å². The number of hydrogen-bond acceptors (Lipinski definition) is 3. The molecule has 2 rings (SSSR count). The Kier molecular flexibility index (Phi) is 3.46. The molecule has 1 amide bonds. The van der Waals surface area contributed by atoms with E-state index in [0.717, 1.165) is 25.7 Å². The van der Waals surface area contributed by atoms with Crippen molar-refractivity contribution in [2.24, 2.45) is 11.1 Å². The van der Waals surface area contributed by atoms with Crippen LogP contribution in [0.15, 0.2) is 0 Å². The Morgan fingerprint density at radius 1 is 1.29 bits per heavy atom. The molecule has 1 saturated heterocycles. The summed E-state index contributed by atoms with van der Waals surface area (Å²) < 4.78 is 0. The lowest BCUT2D eigenvalue weighted by Gasteiger charge is -2.38. The zero-order valence-electron chi connectivity index (χ0n) is 10.7. The Bertz CT molecular complexity index is 296. The summed E-state index contributed by atoms with van der Waals surface area (Å²) in [5.74, 6) is 0.178. The Labute approximate surface area is 103 Å². The van der Waals surface area contributed by atoms with Crippen molar-refractivity contribution in [1.82, 2.24) is 4.90 Å². The van der Waals surface area contributed by atoms with Crippen molar-refractivity contribution in [2.45, 2.75) is 51.0 Å². The highest BCUT2D eigenvalue weighted by Gasteiger charge is 2.44. The van der Waals surface area contributed by atoms with Crippen LogP contribution in [-0.4, -0.2) is 41.1 Å². The average Bonchev–Trinajstić information content (AvgIpc) is 2.69. The predicted octanol–water partition coefficient (Wildman–Crippen LogP) is 0.879. The van der Waals surface area contributed by atoms with Crippen LogP contribution in [0.2, 0.25) is 0 Å². The number of nitrogens with two attached hydrogens (primary N) is 1. The lowest BCUT2D eigenvalue weighted by atomic mass is 9.73. The Balaban J connectivity index is 2.07. The van der Waals surface area contributed by atoms with E-state index in [4.69, 9.17) is 5.73 Å². The van der Waals surface area contributed by atoms with Gasteiger partial charge >= 0.3 is 0 Å². The van der Waals surface area contributed by atoms with E-state index in [1.54, 1.807) is 6.92 Å². The first-order valence-corrected chi connectivity index (χ1v) is 6.71. The molecule has 1 aliphatic carbocycles. The maximum Gasteiger partial charge on any atom is 0.230 e. The van der Waals surface area contributed by atoms with E-state index < -0.39 is 5.60 Å². The van der Waals surface area contributed by atoms with Crippen molar-refractivity contribution >= 4 is 5.91 Å².